The van der Waals surface area contributed by atoms with Gasteiger partial charge in [-0.2, -0.15) is 4.98 Å². The second kappa shape index (κ2) is 5.75. The van der Waals surface area contributed by atoms with Crippen LogP contribution in [0.3, 0.4) is 0 Å². The molecule has 0 unspecified atom stereocenters. The molecule has 0 aliphatic carbocycles. The average Bonchev–Trinajstić information content (AvgIpc) is 2.52. The second-order valence-corrected chi connectivity index (χ2v) is 3.88. The third kappa shape index (κ3) is 3.87. The maximum atomic E-state index is 8.60. The van der Waals surface area contributed by atoms with Gasteiger partial charge in [0, 0.05) is 19.4 Å². The molecule has 0 saturated heterocycles. The standard InChI is InChI=1S/C10H18N2O2/c1-8(2)7-9-11-10(14-12-9)5-3-4-6-13/h8,13H,3-7H2,1-2H3. The van der Waals surface area contributed by atoms with E-state index < -0.39 is 0 Å². The molecular formula is C10H18N2O2. The second-order valence-electron chi connectivity index (χ2n) is 3.88. The summed E-state index contributed by atoms with van der Waals surface area (Å²) in [6, 6.07) is 0. The van der Waals surface area contributed by atoms with Crippen LogP contribution in [-0.4, -0.2) is 21.9 Å². The number of hydrogen-bond donors (Lipinski definition) is 1. The van der Waals surface area contributed by atoms with E-state index in [-0.39, 0.29) is 6.61 Å². The molecule has 0 radical (unpaired) electrons. The molecule has 0 aromatic carbocycles. The van der Waals surface area contributed by atoms with Crippen LogP contribution in [0.1, 0.15) is 38.4 Å². The lowest BCUT2D eigenvalue weighted by Gasteiger charge is -1.96. The summed E-state index contributed by atoms with van der Waals surface area (Å²) < 4.78 is 5.07. The van der Waals surface area contributed by atoms with Crippen LogP contribution < -0.4 is 0 Å². The highest BCUT2D eigenvalue weighted by atomic mass is 16.5. The van der Waals surface area contributed by atoms with Crippen molar-refractivity contribution >= 4 is 0 Å². The van der Waals surface area contributed by atoms with E-state index in [4.69, 9.17) is 9.63 Å². The molecule has 1 aromatic rings. The van der Waals surface area contributed by atoms with Crippen molar-refractivity contribution < 1.29 is 9.63 Å². The first-order valence-electron chi connectivity index (χ1n) is 5.14. The van der Waals surface area contributed by atoms with Crippen LogP contribution in [-0.2, 0) is 12.8 Å². The minimum Gasteiger partial charge on any atom is -0.396 e. The molecule has 1 N–H and O–H groups in total. The first kappa shape index (κ1) is 11.2. The summed E-state index contributed by atoms with van der Waals surface area (Å²) >= 11 is 0. The van der Waals surface area contributed by atoms with Gasteiger partial charge in [0.15, 0.2) is 5.82 Å². The summed E-state index contributed by atoms with van der Waals surface area (Å²) in [4.78, 5) is 4.26. The van der Waals surface area contributed by atoms with Crippen LogP contribution in [0.5, 0.6) is 0 Å². The highest BCUT2D eigenvalue weighted by molar-refractivity contribution is 4.87. The number of rotatable bonds is 6. The number of aliphatic hydroxyl groups is 1. The highest BCUT2D eigenvalue weighted by Crippen LogP contribution is 2.06. The average molecular weight is 198 g/mol. The molecule has 0 spiro atoms. The van der Waals surface area contributed by atoms with Gasteiger partial charge in [0.1, 0.15) is 0 Å². The Morgan fingerprint density at radius 2 is 2.14 bits per heavy atom. The Hall–Kier alpha value is -0.900. The van der Waals surface area contributed by atoms with Gasteiger partial charge in [-0.15, -0.1) is 0 Å². The van der Waals surface area contributed by atoms with E-state index in [1.54, 1.807) is 0 Å². The molecule has 14 heavy (non-hydrogen) atoms. The van der Waals surface area contributed by atoms with Crippen LogP contribution in [0.4, 0.5) is 0 Å². The molecule has 1 heterocycles. The molecule has 4 heteroatoms. The van der Waals surface area contributed by atoms with Gasteiger partial charge >= 0.3 is 0 Å². The van der Waals surface area contributed by atoms with Crippen molar-refractivity contribution in [2.45, 2.75) is 39.5 Å². The molecule has 0 bridgehead atoms. The van der Waals surface area contributed by atoms with E-state index in [1.807, 2.05) is 0 Å². The first-order valence-corrected chi connectivity index (χ1v) is 5.14. The Morgan fingerprint density at radius 3 is 2.79 bits per heavy atom. The van der Waals surface area contributed by atoms with Crippen molar-refractivity contribution in [1.82, 2.24) is 10.1 Å². The summed E-state index contributed by atoms with van der Waals surface area (Å²) in [5.74, 6) is 2.03. The summed E-state index contributed by atoms with van der Waals surface area (Å²) in [5.41, 5.74) is 0. The maximum Gasteiger partial charge on any atom is 0.226 e. The van der Waals surface area contributed by atoms with Gasteiger partial charge in [-0.05, 0) is 18.8 Å². The Balaban J connectivity index is 2.35. The lowest BCUT2D eigenvalue weighted by Crippen LogP contribution is -1.96. The molecule has 0 atom stereocenters. The maximum absolute atomic E-state index is 8.60. The molecule has 0 amide bonds. The molecule has 1 rings (SSSR count). The lowest BCUT2D eigenvalue weighted by atomic mass is 10.1. The van der Waals surface area contributed by atoms with Crippen LogP contribution in [0.15, 0.2) is 4.52 Å². The van der Waals surface area contributed by atoms with Crippen molar-refractivity contribution in [3.8, 4) is 0 Å². The zero-order chi connectivity index (χ0) is 10.4. The van der Waals surface area contributed by atoms with Crippen LogP contribution in [0, 0.1) is 5.92 Å². The predicted octanol–water partition coefficient (Wildman–Crippen LogP) is 1.58. The molecule has 4 nitrogen and oxygen atoms in total. The van der Waals surface area contributed by atoms with E-state index in [0.717, 1.165) is 31.5 Å². The van der Waals surface area contributed by atoms with Crippen LogP contribution in [0.25, 0.3) is 0 Å². The normalized spacial score (nSPS) is 11.1. The quantitative estimate of drug-likeness (QED) is 0.705. The van der Waals surface area contributed by atoms with Gasteiger partial charge in [0.2, 0.25) is 5.89 Å². The molecule has 0 aliphatic rings. The van der Waals surface area contributed by atoms with Gasteiger partial charge in [-0.25, -0.2) is 0 Å². The number of unbranched alkanes of at least 4 members (excludes halogenated alkanes) is 1. The van der Waals surface area contributed by atoms with Gasteiger partial charge in [-0.1, -0.05) is 19.0 Å². The third-order valence-corrected chi connectivity index (χ3v) is 1.90. The molecule has 80 valence electrons. The highest BCUT2D eigenvalue weighted by Gasteiger charge is 2.07. The van der Waals surface area contributed by atoms with Gasteiger partial charge in [0.25, 0.3) is 0 Å². The summed E-state index contributed by atoms with van der Waals surface area (Å²) in [7, 11) is 0. The van der Waals surface area contributed by atoms with Crippen molar-refractivity contribution in [1.29, 1.82) is 0 Å². The molecular weight excluding hydrogens is 180 g/mol. The lowest BCUT2D eigenvalue weighted by molar-refractivity contribution is 0.280. The zero-order valence-corrected chi connectivity index (χ0v) is 8.86. The largest absolute Gasteiger partial charge is 0.396 e. The SMILES string of the molecule is CC(C)Cc1noc(CCCCO)n1. The molecule has 0 fully saturated rings. The Labute approximate surface area is 84.3 Å². The summed E-state index contributed by atoms with van der Waals surface area (Å²) in [6.07, 6.45) is 3.33. The van der Waals surface area contributed by atoms with Gasteiger partial charge in [-0.3, -0.25) is 0 Å². The van der Waals surface area contributed by atoms with Crippen molar-refractivity contribution in [3.05, 3.63) is 11.7 Å². The predicted molar refractivity (Wildman–Crippen MR) is 52.9 cm³/mol. The third-order valence-electron chi connectivity index (χ3n) is 1.90. The van der Waals surface area contributed by atoms with Crippen molar-refractivity contribution in [2.75, 3.05) is 6.61 Å². The number of aromatic nitrogens is 2. The monoisotopic (exact) mass is 198 g/mol. The van der Waals surface area contributed by atoms with Gasteiger partial charge < -0.3 is 9.63 Å². The Bertz CT molecular complexity index is 258. The Morgan fingerprint density at radius 1 is 1.36 bits per heavy atom. The number of aryl methyl sites for hydroxylation is 1. The zero-order valence-electron chi connectivity index (χ0n) is 8.86. The topological polar surface area (TPSA) is 59.2 Å². The fourth-order valence-corrected chi connectivity index (χ4v) is 1.23. The number of aliphatic hydroxyl groups excluding tert-OH is 1. The number of nitrogens with zero attached hydrogens (tertiary/aromatic N) is 2. The smallest absolute Gasteiger partial charge is 0.226 e. The van der Waals surface area contributed by atoms with E-state index in [0.29, 0.717) is 11.8 Å². The fourth-order valence-electron chi connectivity index (χ4n) is 1.23. The van der Waals surface area contributed by atoms with E-state index in [9.17, 15) is 0 Å². The first-order chi connectivity index (χ1) is 6.72. The van der Waals surface area contributed by atoms with Crippen molar-refractivity contribution in [3.63, 3.8) is 0 Å². The van der Waals surface area contributed by atoms with E-state index >= 15 is 0 Å². The molecule has 0 saturated carbocycles. The molecule has 1 aromatic heterocycles. The fraction of sp³-hybridized carbons (Fsp3) is 0.800. The van der Waals surface area contributed by atoms with Gasteiger partial charge in [0.05, 0.1) is 0 Å². The van der Waals surface area contributed by atoms with Crippen molar-refractivity contribution in [2.24, 2.45) is 5.92 Å². The molecule has 0 aliphatic heterocycles. The minimum absolute atomic E-state index is 0.229. The van der Waals surface area contributed by atoms with E-state index in [1.165, 1.54) is 0 Å². The minimum atomic E-state index is 0.229. The van der Waals surface area contributed by atoms with Crippen LogP contribution >= 0.6 is 0 Å². The van der Waals surface area contributed by atoms with E-state index in [2.05, 4.69) is 24.0 Å². The Kier molecular flexibility index (Phi) is 4.59. The van der Waals surface area contributed by atoms with Crippen LogP contribution in [0.2, 0.25) is 0 Å². The summed E-state index contributed by atoms with van der Waals surface area (Å²) in [5, 5.41) is 12.5. The summed E-state index contributed by atoms with van der Waals surface area (Å²) in [6.45, 7) is 4.48. The number of hydrogen-bond acceptors (Lipinski definition) is 4.